The van der Waals surface area contributed by atoms with Crippen LogP contribution in [0.4, 0.5) is 5.82 Å². The SMILES string of the molecule is CNc1nc(C)nc2c1cnn2-c1ccccc1OC. The van der Waals surface area contributed by atoms with Crippen LogP contribution in [0.1, 0.15) is 5.82 Å². The molecular weight excluding hydrogens is 254 g/mol. The van der Waals surface area contributed by atoms with Crippen LogP contribution in [0.25, 0.3) is 16.7 Å². The molecule has 6 heteroatoms. The van der Waals surface area contributed by atoms with Gasteiger partial charge in [-0.3, -0.25) is 0 Å². The fourth-order valence-corrected chi connectivity index (χ4v) is 2.19. The monoisotopic (exact) mass is 269 g/mol. The normalized spacial score (nSPS) is 10.8. The number of methoxy groups -OCH3 is 1. The number of hydrogen-bond donors (Lipinski definition) is 1. The number of rotatable bonds is 3. The fraction of sp³-hybridized carbons (Fsp3) is 0.214. The number of aryl methyl sites for hydroxylation is 1. The van der Waals surface area contributed by atoms with Crippen LogP contribution in [0.3, 0.4) is 0 Å². The van der Waals surface area contributed by atoms with Crippen LogP contribution in [0.2, 0.25) is 0 Å². The molecule has 0 aliphatic carbocycles. The molecule has 0 radical (unpaired) electrons. The summed E-state index contributed by atoms with van der Waals surface area (Å²) in [4.78, 5) is 8.85. The first-order valence-electron chi connectivity index (χ1n) is 6.28. The summed E-state index contributed by atoms with van der Waals surface area (Å²) >= 11 is 0. The summed E-state index contributed by atoms with van der Waals surface area (Å²) in [6.45, 7) is 1.86. The molecule has 0 aliphatic rings. The van der Waals surface area contributed by atoms with Crippen molar-refractivity contribution >= 4 is 16.9 Å². The van der Waals surface area contributed by atoms with Gasteiger partial charge in [0.15, 0.2) is 5.65 Å². The lowest BCUT2D eigenvalue weighted by Gasteiger charge is -2.09. The number of nitrogens with zero attached hydrogens (tertiary/aromatic N) is 4. The van der Waals surface area contributed by atoms with E-state index >= 15 is 0 Å². The average Bonchev–Trinajstić information content (AvgIpc) is 2.89. The van der Waals surface area contributed by atoms with E-state index in [4.69, 9.17) is 4.74 Å². The lowest BCUT2D eigenvalue weighted by atomic mass is 10.3. The van der Waals surface area contributed by atoms with Gasteiger partial charge >= 0.3 is 0 Å². The molecule has 0 saturated heterocycles. The van der Waals surface area contributed by atoms with E-state index in [1.54, 1.807) is 18.0 Å². The summed E-state index contributed by atoms with van der Waals surface area (Å²) < 4.78 is 7.15. The van der Waals surface area contributed by atoms with Crippen molar-refractivity contribution in [3.63, 3.8) is 0 Å². The van der Waals surface area contributed by atoms with Crippen molar-refractivity contribution < 1.29 is 4.74 Å². The first-order valence-corrected chi connectivity index (χ1v) is 6.28. The molecule has 2 aromatic heterocycles. The lowest BCUT2D eigenvalue weighted by Crippen LogP contribution is -2.03. The van der Waals surface area contributed by atoms with E-state index in [0.29, 0.717) is 5.82 Å². The molecule has 0 aliphatic heterocycles. The molecule has 6 nitrogen and oxygen atoms in total. The van der Waals surface area contributed by atoms with Gasteiger partial charge in [0.1, 0.15) is 23.1 Å². The van der Waals surface area contributed by atoms with Crippen LogP contribution < -0.4 is 10.1 Å². The highest BCUT2D eigenvalue weighted by Crippen LogP contribution is 2.27. The second-order valence-corrected chi connectivity index (χ2v) is 4.33. The highest BCUT2D eigenvalue weighted by atomic mass is 16.5. The van der Waals surface area contributed by atoms with E-state index < -0.39 is 0 Å². The number of nitrogens with one attached hydrogen (secondary N) is 1. The van der Waals surface area contributed by atoms with Crippen molar-refractivity contribution in [1.29, 1.82) is 0 Å². The summed E-state index contributed by atoms with van der Waals surface area (Å²) in [5.74, 6) is 2.21. The summed E-state index contributed by atoms with van der Waals surface area (Å²) in [5.41, 5.74) is 1.61. The van der Waals surface area contributed by atoms with Gasteiger partial charge < -0.3 is 10.1 Å². The molecule has 0 unspecified atom stereocenters. The van der Waals surface area contributed by atoms with Crippen LogP contribution in [0, 0.1) is 6.92 Å². The molecule has 102 valence electrons. The number of hydrogen-bond acceptors (Lipinski definition) is 5. The van der Waals surface area contributed by atoms with Gasteiger partial charge in [-0.15, -0.1) is 0 Å². The van der Waals surface area contributed by atoms with E-state index in [1.165, 1.54) is 0 Å². The van der Waals surface area contributed by atoms with E-state index in [-0.39, 0.29) is 0 Å². The van der Waals surface area contributed by atoms with Gasteiger partial charge in [-0.2, -0.15) is 5.10 Å². The second-order valence-electron chi connectivity index (χ2n) is 4.33. The number of fused-ring (bicyclic) bond motifs is 1. The maximum Gasteiger partial charge on any atom is 0.168 e. The van der Waals surface area contributed by atoms with E-state index in [9.17, 15) is 0 Å². The number of aromatic nitrogens is 4. The minimum Gasteiger partial charge on any atom is -0.494 e. The van der Waals surface area contributed by atoms with Crippen molar-refractivity contribution in [2.45, 2.75) is 6.92 Å². The van der Waals surface area contributed by atoms with Crippen molar-refractivity contribution in [1.82, 2.24) is 19.7 Å². The van der Waals surface area contributed by atoms with Gasteiger partial charge in [0, 0.05) is 7.05 Å². The van der Waals surface area contributed by atoms with Crippen molar-refractivity contribution in [3.8, 4) is 11.4 Å². The van der Waals surface area contributed by atoms with Gasteiger partial charge in [-0.05, 0) is 19.1 Å². The Labute approximate surface area is 116 Å². The third-order valence-corrected chi connectivity index (χ3v) is 3.09. The first-order chi connectivity index (χ1) is 9.74. The molecule has 0 amide bonds. The molecule has 0 spiro atoms. The Balaban J connectivity index is 2.30. The smallest absolute Gasteiger partial charge is 0.168 e. The maximum absolute atomic E-state index is 5.38. The van der Waals surface area contributed by atoms with Crippen molar-refractivity contribution in [3.05, 3.63) is 36.3 Å². The van der Waals surface area contributed by atoms with Gasteiger partial charge in [0.05, 0.1) is 18.7 Å². The molecule has 3 rings (SSSR count). The summed E-state index contributed by atoms with van der Waals surface area (Å²) in [6.07, 6.45) is 1.76. The van der Waals surface area contributed by atoms with E-state index in [0.717, 1.165) is 28.3 Å². The van der Waals surface area contributed by atoms with Gasteiger partial charge in [0.25, 0.3) is 0 Å². The van der Waals surface area contributed by atoms with Crippen LogP contribution in [0.5, 0.6) is 5.75 Å². The van der Waals surface area contributed by atoms with Crippen molar-refractivity contribution in [2.24, 2.45) is 0 Å². The molecular formula is C14H15N5O. The number of benzene rings is 1. The highest BCUT2D eigenvalue weighted by Gasteiger charge is 2.14. The number of para-hydroxylation sites is 2. The Morgan fingerprint density at radius 2 is 2.00 bits per heavy atom. The largest absolute Gasteiger partial charge is 0.494 e. The van der Waals surface area contributed by atoms with Gasteiger partial charge in [-0.1, -0.05) is 12.1 Å². The Hall–Kier alpha value is -2.63. The fourth-order valence-electron chi connectivity index (χ4n) is 2.19. The Morgan fingerprint density at radius 3 is 2.75 bits per heavy atom. The molecule has 1 N–H and O–H groups in total. The number of ether oxygens (including phenoxy) is 1. The molecule has 0 fully saturated rings. The topological polar surface area (TPSA) is 64.9 Å². The zero-order valence-electron chi connectivity index (χ0n) is 11.6. The minimum absolute atomic E-state index is 0.693. The zero-order valence-corrected chi connectivity index (χ0v) is 11.6. The second kappa shape index (κ2) is 4.80. The summed E-state index contributed by atoms with van der Waals surface area (Å²) in [6, 6.07) is 7.71. The van der Waals surface area contributed by atoms with Crippen LogP contribution in [-0.4, -0.2) is 33.9 Å². The Bertz CT molecular complexity index is 765. The molecule has 20 heavy (non-hydrogen) atoms. The van der Waals surface area contributed by atoms with E-state index in [1.807, 2.05) is 38.2 Å². The molecule has 3 aromatic rings. The van der Waals surface area contributed by atoms with Gasteiger partial charge in [-0.25, -0.2) is 14.6 Å². The Morgan fingerprint density at radius 1 is 1.20 bits per heavy atom. The quantitative estimate of drug-likeness (QED) is 0.789. The first kappa shape index (κ1) is 12.4. The standard InChI is InChI=1S/C14H15N5O/c1-9-17-13(15-2)10-8-16-19(14(10)18-9)11-6-4-5-7-12(11)20-3/h4-8H,1-3H3,(H,15,17,18). The van der Waals surface area contributed by atoms with Crippen LogP contribution >= 0.6 is 0 Å². The maximum atomic E-state index is 5.38. The average molecular weight is 269 g/mol. The molecule has 2 heterocycles. The predicted molar refractivity (Wildman–Crippen MR) is 77.5 cm³/mol. The summed E-state index contributed by atoms with van der Waals surface area (Å²) in [7, 11) is 3.48. The zero-order chi connectivity index (χ0) is 14.1. The molecule has 0 bridgehead atoms. The third-order valence-electron chi connectivity index (χ3n) is 3.09. The lowest BCUT2D eigenvalue weighted by molar-refractivity contribution is 0.412. The molecule has 0 saturated carbocycles. The summed E-state index contributed by atoms with van der Waals surface area (Å²) in [5, 5.41) is 8.37. The predicted octanol–water partition coefficient (Wildman–Crippen LogP) is 2.17. The molecule has 1 aromatic carbocycles. The molecule has 0 atom stereocenters. The minimum atomic E-state index is 0.693. The highest BCUT2D eigenvalue weighted by molar-refractivity contribution is 5.87. The van der Waals surface area contributed by atoms with E-state index in [2.05, 4.69) is 20.4 Å². The van der Waals surface area contributed by atoms with Gasteiger partial charge in [0.2, 0.25) is 0 Å². The number of anilines is 1. The van der Waals surface area contributed by atoms with Crippen molar-refractivity contribution in [2.75, 3.05) is 19.5 Å². The Kier molecular flexibility index (Phi) is 2.98. The van der Waals surface area contributed by atoms with Crippen LogP contribution in [-0.2, 0) is 0 Å². The third kappa shape index (κ3) is 1.85. The van der Waals surface area contributed by atoms with Crippen LogP contribution in [0.15, 0.2) is 30.5 Å².